The molecule has 0 aliphatic carbocycles. The lowest BCUT2D eigenvalue weighted by molar-refractivity contribution is -0.145. The van der Waals surface area contributed by atoms with Gasteiger partial charge in [-0.15, -0.1) is 0 Å². The molecule has 1 unspecified atom stereocenters. The second-order valence-electron chi connectivity index (χ2n) is 8.36. The molecule has 12 heteroatoms. The summed E-state index contributed by atoms with van der Waals surface area (Å²) in [6.07, 6.45) is -0.404. The molecule has 0 bridgehead atoms. The highest BCUT2D eigenvalue weighted by atomic mass is 19.4. The van der Waals surface area contributed by atoms with Gasteiger partial charge in [-0.05, 0) is 11.6 Å². The summed E-state index contributed by atoms with van der Waals surface area (Å²) in [5.74, 6) is -1.20. The van der Waals surface area contributed by atoms with Gasteiger partial charge in [0.2, 0.25) is 11.7 Å². The predicted molar refractivity (Wildman–Crippen MR) is 122 cm³/mol. The van der Waals surface area contributed by atoms with E-state index in [9.17, 15) is 22.8 Å². The third-order valence-electron chi connectivity index (χ3n) is 5.99. The summed E-state index contributed by atoms with van der Waals surface area (Å²) in [6.45, 7) is 4.50. The van der Waals surface area contributed by atoms with Crippen molar-refractivity contribution in [1.29, 1.82) is 0 Å². The van der Waals surface area contributed by atoms with Gasteiger partial charge >= 0.3 is 6.18 Å². The van der Waals surface area contributed by atoms with Crippen LogP contribution in [0.1, 0.15) is 30.7 Å². The second-order valence-corrected chi connectivity index (χ2v) is 8.36. The van der Waals surface area contributed by atoms with E-state index in [0.29, 0.717) is 43.9 Å². The maximum absolute atomic E-state index is 12.6. The van der Waals surface area contributed by atoms with Crippen molar-refractivity contribution in [2.24, 2.45) is 0 Å². The van der Waals surface area contributed by atoms with Gasteiger partial charge in [0.25, 0.3) is 5.56 Å². The molecule has 3 aromatic rings. The highest BCUT2D eigenvalue weighted by molar-refractivity contribution is 5.84. The van der Waals surface area contributed by atoms with Crippen molar-refractivity contribution in [2.45, 2.75) is 25.4 Å². The number of H-pyrrole nitrogens is 1. The van der Waals surface area contributed by atoms with E-state index in [1.54, 1.807) is 17.2 Å². The van der Waals surface area contributed by atoms with Gasteiger partial charge in [0, 0.05) is 37.5 Å². The maximum Gasteiger partial charge on any atom is 0.451 e. The van der Waals surface area contributed by atoms with Gasteiger partial charge in [0.05, 0.1) is 49.3 Å². The second kappa shape index (κ2) is 10.4. The number of alkyl halides is 3. The first-order valence-electron chi connectivity index (χ1n) is 11.2. The lowest BCUT2D eigenvalue weighted by Crippen LogP contribution is -2.49. The van der Waals surface area contributed by atoms with Crippen LogP contribution in [0.25, 0.3) is 10.8 Å². The number of rotatable bonds is 7. The molecular weight excluding hydrogens is 465 g/mol. The number of amides is 1. The Morgan fingerprint density at radius 3 is 2.51 bits per heavy atom. The number of aromatic amines is 1. The van der Waals surface area contributed by atoms with Crippen LogP contribution in [0.3, 0.4) is 0 Å². The van der Waals surface area contributed by atoms with E-state index in [2.05, 4.69) is 20.2 Å². The van der Waals surface area contributed by atoms with Crippen LogP contribution in [-0.2, 0) is 15.7 Å². The van der Waals surface area contributed by atoms with Crippen LogP contribution in [0.2, 0.25) is 0 Å². The molecule has 0 saturated carbocycles. The molecule has 1 amide bonds. The number of carbonyl (C=O) groups excluding carboxylic acids is 1. The third kappa shape index (κ3) is 5.76. The number of nitrogens with one attached hydrogen (secondary N) is 1. The van der Waals surface area contributed by atoms with Crippen LogP contribution >= 0.6 is 0 Å². The van der Waals surface area contributed by atoms with E-state index in [-0.39, 0.29) is 30.4 Å². The summed E-state index contributed by atoms with van der Waals surface area (Å²) in [7, 11) is 0. The summed E-state index contributed by atoms with van der Waals surface area (Å²) in [4.78, 5) is 34.9. The molecule has 2 aromatic heterocycles. The molecule has 1 N–H and O–H groups in total. The summed E-state index contributed by atoms with van der Waals surface area (Å²) < 4.78 is 43.6. The first kappa shape index (κ1) is 24.6. The molecule has 1 aliphatic rings. The van der Waals surface area contributed by atoms with E-state index >= 15 is 0 Å². The average molecular weight is 490 g/mol. The molecule has 1 atom stereocenters. The molecule has 186 valence electrons. The number of nitrogens with zero attached hydrogens (tertiary/aromatic N) is 5. The van der Waals surface area contributed by atoms with E-state index < -0.39 is 12.0 Å². The number of halogens is 3. The Kier molecular flexibility index (Phi) is 7.29. The molecule has 1 fully saturated rings. The average Bonchev–Trinajstić information content (AvgIpc) is 2.86. The van der Waals surface area contributed by atoms with Crippen LogP contribution in [0.4, 0.5) is 18.9 Å². The molecule has 35 heavy (non-hydrogen) atoms. The van der Waals surface area contributed by atoms with Crippen LogP contribution < -0.4 is 10.5 Å². The summed E-state index contributed by atoms with van der Waals surface area (Å²) >= 11 is 0. The number of aromatic nitrogens is 4. The lowest BCUT2D eigenvalue weighted by atomic mass is 9.97. The molecule has 0 radical (unpaired) electrons. The van der Waals surface area contributed by atoms with E-state index in [1.165, 1.54) is 0 Å². The number of fused-ring (bicyclic) bond motifs is 1. The number of ether oxygens (including phenoxy) is 1. The lowest BCUT2D eigenvalue weighted by Gasteiger charge is -2.35. The minimum absolute atomic E-state index is 0.00639. The number of anilines is 1. The third-order valence-corrected chi connectivity index (χ3v) is 5.99. The van der Waals surface area contributed by atoms with Crippen molar-refractivity contribution >= 4 is 22.4 Å². The normalized spacial score (nSPS) is 15.4. The van der Waals surface area contributed by atoms with Crippen LogP contribution in [0.5, 0.6) is 0 Å². The van der Waals surface area contributed by atoms with Gasteiger partial charge in [-0.25, -0.2) is 15.1 Å². The minimum atomic E-state index is -4.57. The molecule has 3 heterocycles. The fourth-order valence-electron chi connectivity index (χ4n) is 4.08. The van der Waals surface area contributed by atoms with Gasteiger partial charge in [0.1, 0.15) is 0 Å². The molecule has 0 spiro atoms. The molecule has 1 aromatic carbocycles. The maximum atomic E-state index is 12.6. The Labute approximate surface area is 198 Å². The minimum Gasteiger partial charge on any atom is -0.380 e. The number of hydrogen-bond acceptors (Lipinski definition) is 7. The smallest absolute Gasteiger partial charge is 0.380 e. The number of carbonyl (C=O) groups is 1. The fraction of sp³-hybridized carbons (Fsp3) is 0.435. The first-order chi connectivity index (χ1) is 16.7. The van der Waals surface area contributed by atoms with Gasteiger partial charge in [0.15, 0.2) is 0 Å². The zero-order valence-corrected chi connectivity index (χ0v) is 19.1. The van der Waals surface area contributed by atoms with E-state index in [1.807, 2.05) is 24.0 Å². The number of hydrogen-bond donors (Lipinski definition) is 1. The van der Waals surface area contributed by atoms with Crippen molar-refractivity contribution in [3.63, 3.8) is 0 Å². The zero-order valence-electron chi connectivity index (χ0n) is 19.1. The van der Waals surface area contributed by atoms with Crippen molar-refractivity contribution < 1.29 is 22.7 Å². The SMILES string of the molecule is CC(COCCC(=O)N1CCN(c2cnc(C(F)(F)F)nc2)CC1)c1cccc2c(=O)[nH]ncc12. The Morgan fingerprint density at radius 2 is 1.83 bits per heavy atom. The summed E-state index contributed by atoms with van der Waals surface area (Å²) in [5, 5.41) is 7.66. The molecule has 1 saturated heterocycles. The van der Waals surface area contributed by atoms with Crippen molar-refractivity contribution in [2.75, 3.05) is 44.3 Å². The fourth-order valence-corrected chi connectivity index (χ4v) is 4.08. The van der Waals surface area contributed by atoms with E-state index in [0.717, 1.165) is 23.3 Å². The van der Waals surface area contributed by atoms with Gasteiger partial charge in [-0.2, -0.15) is 18.3 Å². The monoisotopic (exact) mass is 490 g/mol. The van der Waals surface area contributed by atoms with Crippen molar-refractivity contribution in [1.82, 2.24) is 25.1 Å². The summed E-state index contributed by atoms with van der Waals surface area (Å²) in [6, 6.07) is 5.50. The molecule has 1 aliphatic heterocycles. The highest BCUT2D eigenvalue weighted by Gasteiger charge is 2.34. The highest BCUT2D eigenvalue weighted by Crippen LogP contribution is 2.27. The van der Waals surface area contributed by atoms with Gasteiger partial charge in [-0.3, -0.25) is 9.59 Å². The topological polar surface area (TPSA) is 104 Å². The standard InChI is InChI=1S/C23H25F3N6O3/c1-15(17-3-2-4-18-19(17)13-29-30-21(18)34)14-35-10-5-20(33)32-8-6-31(7-9-32)16-11-27-22(28-12-16)23(24,25)26/h2-4,11-13,15H,5-10,14H2,1H3,(H,30,34). The molecule has 4 rings (SSSR count). The molecular formula is C23H25F3N6O3. The van der Waals surface area contributed by atoms with Gasteiger partial charge in [-0.1, -0.05) is 19.1 Å². The van der Waals surface area contributed by atoms with Gasteiger partial charge < -0.3 is 14.5 Å². The zero-order chi connectivity index (χ0) is 25.0. The van der Waals surface area contributed by atoms with Crippen molar-refractivity contribution in [3.05, 3.63) is 58.5 Å². The Bertz CT molecular complexity index is 1220. The first-order valence-corrected chi connectivity index (χ1v) is 11.2. The number of piperazine rings is 1. The Hall–Kier alpha value is -3.54. The largest absolute Gasteiger partial charge is 0.451 e. The predicted octanol–water partition coefficient (Wildman–Crippen LogP) is 2.59. The van der Waals surface area contributed by atoms with Crippen LogP contribution in [0, 0.1) is 0 Å². The van der Waals surface area contributed by atoms with Crippen LogP contribution in [-0.4, -0.2) is 70.4 Å². The Morgan fingerprint density at radius 1 is 1.11 bits per heavy atom. The van der Waals surface area contributed by atoms with Crippen molar-refractivity contribution in [3.8, 4) is 0 Å². The quantitative estimate of drug-likeness (QED) is 0.508. The molecule has 9 nitrogen and oxygen atoms in total. The Balaban J connectivity index is 1.22. The number of benzene rings is 1. The van der Waals surface area contributed by atoms with Crippen LogP contribution in [0.15, 0.2) is 41.6 Å². The summed E-state index contributed by atoms with van der Waals surface area (Å²) in [5.41, 5.74) is 1.21. The van der Waals surface area contributed by atoms with E-state index in [4.69, 9.17) is 4.74 Å².